The van der Waals surface area contributed by atoms with Crippen molar-refractivity contribution in [3.63, 3.8) is 0 Å². The maximum atomic E-state index is 11.5. The average Bonchev–Trinajstić information content (AvgIpc) is 2.69. The number of aldehydes is 2. The normalized spacial score (nSPS) is 24.6. The second-order valence-corrected chi connectivity index (χ2v) is 3.53. The number of hydrogen-bond donors (Lipinski definition) is 0. The van der Waals surface area contributed by atoms with Gasteiger partial charge in [0.25, 0.3) is 0 Å². The predicted octanol–water partition coefficient (Wildman–Crippen LogP) is -0.0949. The second kappa shape index (κ2) is 5.25. The van der Waals surface area contributed by atoms with Crippen LogP contribution >= 0.6 is 0 Å². The molecule has 1 rings (SSSR count). The van der Waals surface area contributed by atoms with Crippen LogP contribution in [0.3, 0.4) is 0 Å². The molecular weight excluding hydrogens is 196 g/mol. The van der Waals surface area contributed by atoms with Crippen molar-refractivity contribution in [2.75, 3.05) is 6.54 Å². The fourth-order valence-corrected chi connectivity index (χ4v) is 1.69. The lowest BCUT2D eigenvalue weighted by Crippen LogP contribution is -2.34. The molecular formula is C10H12N2O3. The van der Waals surface area contributed by atoms with Crippen LogP contribution in [0.15, 0.2) is 0 Å². The molecule has 0 aliphatic carbocycles. The minimum Gasteiger partial charge on any atom is -0.326 e. The number of likely N-dealkylation sites (tertiary alicyclic amines) is 1. The minimum absolute atomic E-state index is 0.118. The SMILES string of the molecule is N#CC1CC(C=O)CN1C(=O)CCC=O. The zero-order chi connectivity index (χ0) is 11.3. The Balaban J connectivity index is 2.60. The van der Waals surface area contributed by atoms with Crippen molar-refractivity contribution in [1.29, 1.82) is 5.26 Å². The Kier molecular flexibility index (Phi) is 3.98. The van der Waals surface area contributed by atoms with Crippen molar-refractivity contribution in [2.45, 2.75) is 25.3 Å². The quantitative estimate of drug-likeness (QED) is 0.604. The van der Waals surface area contributed by atoms with E-state index >= 15 is 0 Å². The molecule has 80 valence electrons. The Bertz CT molecular complexity index is 308. The van der Waals surface area contributed by atoms with Crippen molar-refractivity contribution < 1.29 is 14.4 Å². The number of nitriles is 1. The molecule has 1 saturated heterocycles. The predicted molar refractivity (Wildman–Crippen MR) is 50.6 cm³/mol. The van der Waals surface area contributed by atoms with E-state index < -0.39 is 6.04 Å². The molecule has 0 saturated carbocycles. The number of carbonyl (C=O) groups excluding carboxylic acids is 3. The lowest BCUT2D eigenvalue weighted by molar-refractivity contribution is -0.132. The highest BCUT2D eigenvalue weighted by Gasteiger charge is 2.34. The third-order valence-corrected chi connectivity index (χ3v) is 2.47. The van der Waals surface area contributed by atoms with Gasteiger partial charge in [-0.25, -0.2) is 0 Å². The van der Waals surface area contributed by atoms with Crippen LogP contribution in [0.25, 0.3) is 0 Å². The Morgan fingerprint density at radius 1 is 1.53 bits per heavy atom. The van der Waals surface area contributed by atoms with Gasteiger partial charge >= 0.3 is 0 Å². The van der Waals surface area contributed by atoms with Crippen molar-refractivity contribution in [2.24, 2.45) is 5.92 Å². The van der Waals surface area contributed by atoms with Crippen molar-refractivity contribution >= 4 is 18.5 Å². The molecule has 5 nitrogen and oxygen atoms in total. The second-order valence-electron chi connectivity index (χ2n) is 3.53. The summed E-state index contributed by atoms with van der Waals surface area (Å²) in [5.74, 6) is -0.465. The molecule has 0 bridgehead atoms. The lowest BCUT2D eigenvalue weighted by atomic mass is 10.1. The maximum absolute atomic E-state index is 11.5. The molecule has 1 aliphatic heterocycles. The van der Waals surface area contributed by atoms with Gasteiger partial charge in [0.15, 0.2) is 0 Å². The number of carbonyl (C=O) groups is 3. The van der Waals surface area contributed by atoms with E-state index in [1.165, 1.54) is 4.90 Å². The molecule has 0 N–H and O–H groups in total. The molecule has 1 amide bonds. The zero-order valence-corrected chi connectivity index (χ0v) is 8.26. The van der Waals surface area contributed by atoms with Gasteiger partial charge in [0, 0.05) is 25.3 Å². The molecule has 0 spiro atoms. The smallest absolute Gasteiger partial charge is 0.224 e. The molecule has 2 unspecified atom stereocenters. The molecule has 1 fully saturated rings. The highest BCUT2D eigenvalue weighted by atomic mass is 16.2. The van der Waals surface area contributed by atoms with Gasteiger partial charge in [0.1, 0.15) is 18.6 Å². The number of rotatable bonds is 4. The summed E-state index contributed by atoms with van der Waals surface area (Å²) >= 11 is 0. The summed E-state index contributed by atoms with van der Waals surface area (Å²) in [7, 11) is 0. The van der Waals surface area contributed by atoms with Gasteiger partial charge in [0.05, 0.1) is 6.07 Å². The molecule has 0 aromatic rings. The van der Waals surface area contributed by atoms with Gasteiger partial charge < -0.3 is 14.5 Å². The van der Waals surface area contributed by atoms with Crippen molar-refractivity contribution in [1.82, 2.24) is 4.90 Å². The lowest BCUT2D eigenvalue weighted by Gasteiger charge is -2.18. The summed E-state index contributed by atoms with van der Waals surface area (Å²) < 4.78 is 0. The summed E-state index contributed by atoms with van der Waals surface area (Å²) in [5, 5.41) is 8.79. The number of nitrogens with zero attached hydrogens (tertiary/aromatic N) is 2. The van der Waals surface area contributed by atoms with E-state index in [0.717, 1.165) is 6.29 Å². The van der Waals surface area contributed by atoms with Crippen LogP contribution in [0.2, 0.25) is 0 Å². The zero-order valence-electron chi connectivity index (χ0n) is 8.26. The van der Waals surface area contributed by atoms with E-state index in [-0.39, 0.29) is 24.7 Å². The van der Waals surface area contributed by atoms with E-state index in [9.17, 15) is 14.4 Å². The topological polar surface area (TPSA) is 78.2 Å². The Labute approximate surface area is 87.7 Å². The van der Waals surface area contributed by atoms with Crippen LogP contribution in [-0.4, -0.2) is 36.0 Å². The molecule has 15 heavy (non-hydrogen) atoms. The first kappa shape index (κ1) is 11.4. The van der Waals surface area contributed by atoms with E-state index in [2.05, 4.69) is 0 Å². The Hall–Kier alpha value is -1.70. The highest BCUT2D eigenvalue weighted by molar-refractivity contribution is 5.80. The third-order valence-electron chi connectivity index (χ3n) is 2.47. The molecule has 2 atom stereocenters. The highest BCUT2D eigenvalue weighted by Crippen LogP contribution is 2.22. The molecule has 0 aromatic carbocycles. The van der Waals surface area contributed by atoms with E-state index in [1.54, 1.807) is 0 Å². The number of amides is 1. The first-order valence-electron chi connectivity index (χ1n) is 4.81. The van der Waals surface area contributed by atoms with Gasteiger partial charge in [-0.2, -0.15) is 5.26 Å². The van der Waals surface area contributed by atoms with E-state index in [4.69, 9.17) is 5.26 Å². The van der Waals surface area contributed by atoms with Crippen LogP contribution < -0.4 is 0 Å². The van der Waals surface area contributed by atoms with Crippen LogP contribution in [0, 0.1) is 17.2 Å². The van der Waals surface area contributed by atoms with E-state index in [0.29, 0.717) is 19.3 Å². The summed E-state index contributed by atoms with van der Waals surface area (Å²) in [6, 6.07) is 1.48. The maximum Gasteiger partial charge on any atom is 0.224 e. The van der Waals surface area contributed by atoms with Crippen molar-refractivity contribution in [3.8, 4) is 6.07 Å². The van der Waals surface area contributed by atoms with Crippen LogP contribution in [0.5, 0.6) is 0 Å². The standard InChI is InChI=1S/C10H12N2O3/c11-5-9-4-8(7-14)6-12(9)10(15)2-1-3-13/h3,7-9H,1-2,4,6H2. The van der Waals surface area contributed by atoms with Gasteiger partial charge in [-0.05, 0) is 6.42 Å². The third kappa shape index (κ3) is 2.62. The Morgan fingerprint density at radius 2 is 2.27 bits per heavy atom. The molecule has 0 aromatic heterocycles. The van der Waals surface area contributed by atoms with Gasteiger partial charge in [0.2, 0.25) is 5.91 Å². The fraction of sp³-hybridized carbons (Fsp3) is 0.600. The molecule has 1 heterocycles. The molecule has 5 heteroatoms. The molecule has 0 radical (unpaired) electrons. The van der Waals surface area contributed by atoms with Gasteiger partial charge in [-0.15, -0.1) is 0 Å². The summed E-state index contributed by atoms with van der Waals surface area (Å²) in [6.07, 6.45) is 2.14. The Morgan fingerprint density at radius 3 is 2.80 bits per heavy atom. The average molecular weight is 208 g/mol. The van der Waals surface area contributed by atoms with Crippen molar-refractivity contribution in [3.05, 3.63) is 0 Å². The monoisotopic (exact) mass is 208 g/mol. The largest absolute Gasteiger partial charge is 0.326 e. The minimum atomic E-state index is -0.514. The summed E-state index contributed by atoms with van der Waals surface area (Å²) in [6.45, 7) is 0.305. The van der Waals surface area contributed by atoms with Crippen LogP contribution in [0.4, 0.5) is 0 Å². The molecule has 1 aliphatic rings. The number of hydrogen-bond acceptors (Lipinski definition) is 4. The van der Waals surface area contributed by atoms with Gasteiger partial charge in [-0.3, -0.25) is 4.79 Å². The van der Waals surface area contributed by atoms with E-state index in [1.807, 2.05) is 6.07 Å². The van der Waals surface area contributed by atoms with Gasteiger partial charge in [-0.1, -0.05) is 0 Å². The van der Waals surface area contributed by atoms with Crippen LogP contribution in [-0.2, 0) is 14.4 Å². The first-order valence-corrected chi connectivity index (χ1v) is 4.81. The van der Waals surface area contributed by atoms with Crippen LogP contribution in [0.1, 0.15) is 19.3 Å². The summed E-state index contributed by atoms with van der Waals surface area (Å²) in [4.78, 5) is 33.6. The summed E-state index contributed by atoms with van der Waals surface area (Å²) in [5.41, 5.74) is 0. The first-order chi connectivity index (χ1) is 7.22. The fourth-order valence-electron chi connectivity index (χ4n) is 1.69.